The summed E-state index contributed by atoms with van der Waals surface area (Å²) < 4.78 is 33.3. The monoisotopic (exact) mass is 461 g/mol. The summed E-state index contributed by atoms with van der Waals surface area (Å²) in [5, 5.41) is 0. The zero-order chi connectivity index (χ0) is 22.6. The first kappa shape index (κ1) is 23.0. The zero-order valence-corrected chi connectivity index (χ0v) is 18.5. The average molecular weight is 462 g/mol. The Hall–Kier alpha value is -2.65. The normalized spacial score (nSPS) is 21.2. The molecule has 0 spiro atoms. The number of sulfonamides is 1. The Kier molecular flexibility index (Phi) is 6.86. The average Bonchev–Trinajstić information content (AvgIpc) is 2.74. The van der Waals surface area contributed by atoms with Crippen LogP contribution in [0.25, 0.3) is 5.57 Å². The summed E-state index contributed by atoms with van der Waals surface area (Å²) in [7, 11) is -3.69. The van der Waals surface area contributed by atoms with Crippen LogP contribution < -0.4 is 20.9 Å². The number of halogens is 1. The molecule has 164 valence electrons. The molecule has 0 aromatic heterocycles. The number of alkyl halides is 1. The van der Waals surface area contributed by atoms with Crippen LogP contribution in [0.2, 0.25) is 0 Å². The molecule has 1 aliphatic carbocycles. The summed E-state index contributed by atoms with van der Waals surface area (Å²) in [6, 6.07) is 15.2. The first-order chi connectivity index (χ1) is 14.6. The van der Waals surface area contributed by atoms with E-state index in [0.717, 1.165) is 5.56 Å². The van der Waals surface area contributed by atoms with E-state index in [-0.39, 0.29) is 16.4 Å². The number of hydrogen-bond donors (Lipinski definition) is 3. The van der Waals surface area contributed by atoms with Crippen LogP contribution in [0.1, 0.15) is 18.9 Å². The van der Waals surface area contributed by atoms with Crippen LogP contribution in [0, 0.1) is 5.92 Å². The number of allylic oxidation sites excluding steroid dienone is 2. The number of nitrogens with two attached hydrogens (primary N) is 2. The maximum atomic E-state index is 12.4. The van der Waals surface area contributed by atoms with Gasteiger partial charge in [0.05, 0.1) is 10.8 Å². The number of carbonyl (C=O) groups excluding carboxylic acids is 1. The van der Waals surface area contributed by atoms with Crippen LogP contribution in [0.15, 0.2) is 77.4 Å². The van der Waals surface area contributed by atoms with E-state index in [2.05, 4.69) is 4.72 Å². The van der Waals surface area contributed by atoms with Gasteiger partial charge in [0.25, 0.3) is 0 Å². The highest BCUT2D eigenvalue weighted by molar-refractivity contribution is 7.89. The molecule has 1 aliphatic rings. The SMILES string of the molecule is CCCNS(=O)(=O)c1cccc(OC2=CC(c3ccccc3)=CC(C(N)=O)C2(N)Cl)c1. The van der Waals surface area contributed by atoms with E-state index in [0.29, 0.717) is 18.5 Å². The summed E-state index contributed by atoms with van der Waals surface area (Å²) in [6.07, 6.45) is 3.89. The first-order valence-electron chi connectivity index (χ1n) is 9.69. The minimum Gasteiger partial charge on any atom is -0.458 e. The van der Waals surface area contributed by atoms with Gasteiger partial charge in [-0.1, -0.05) is 61.0 Å². The fraction of sp³-hybridized carbons (Fsp3) is 0.227. The Morgan fingerprint density at radius 2 is 1.90 bits per heavy atom. The van der Waals surface area contributed by atoms with E-state index >= 15 is 0 Å². The molecule has 0 heterocycles. The van der Waals surface area contributed by atoms with Gasteiger partial charge in [-0.15, -0.1) is 0 Å². The molecule has 0 bridgehead atoms. The molecular formula is C22H24ClN3O4S. The van der Waals surface area contributed by atoms with Crippen LogP contribution in [0.5, 0.6) is 5.75 Å². The number of nitrogens with one attached hydrogen (secondary N) is 1. The molecule has 2 atom stereocenters. The van der Waals surface area contributed by atoms with Crippen LogP contribution >= 0.6 is 11.6 Å². The molecular weight excluding hydrogens is 438 g/mol. The topological polar surface area (TPSA) is 125 Å². The number of amides is 1. The Labute approximate surface area is 186 Å². The van der Waals surface area contributed by atoms with E-state index in [9.17, 15) is 13.2 Å². The third kappa shape index (κ3) is 5.16. The van der Waals surface area contributed by atoms with Crippen molar-refractivity contribution < 1.29 is 17.9 Å². The lowest BCUT2D eigenvalue weighted by Crippen LogP contribution is -2.51. The highest BCUT2D eigenvalue weighted by Gasteiger charge is 2.44. The van der Waals surface area contributed by atoms with Crippen molar-refractivity contribution in [2.45, 2.75) is 23.2 Å². The van der Waals surface area contributed by atoms with Gasteiger partial charge in [-0.2, -0.15) is 0 Å². The molecule has 2 aromatic carbocycles. The summed E-state index contributed by atoms with van der Waals surface area (Å²) >= 11 is 6.51. The third-order valence-corrected chi connectivity index (χ3v) is 6.64. The molecule has 0 saturated heterocycles. The van der Waals surface area contributed by atoms with Gasteiger partial charge in [0.2, 0.25) is 15.9 Å². The number of rotatable bonds is 8. The number of ether oxygens (including phenoxy) is 1. The fourth-order valence-electron chi connectivity index (χ4n) is 3.11. The largest absolute Gasteiger partial charge is 0.458 e. The number of benzene rings is 2. The minimum atomic E-state index is -3.69. The molecule has 0 saturated carbocycles. The van der Waals surface area contributed by atoms with E-state index in [1.807, 2.05) is 37.3 Å². The van der Waals surface area contributed by atoms with E-state index < -0.39 is 26.8 Å². The molecule has 5 N–H and O–H groups in total. The summed E-state index contributed by atoms with van der Waals surface area (Å²) in [5.41, 5.74) is 13.3. The van der Waals surface area contributed by atoms with Gasteiger partial charge in [-0.3, -0.25) is 4.79 Å². The minimum absolute atomic E-state index is 0.0392. The number of primary amides is 1. The van der Waals surface area contributed by atoms with Crippen molar-refractivity contribution in [1.29, 1.82) is 0 Å². The highest BCUT2D eigenvalue weighted by Crippen LogP contribution is 2.39. The molecule has 3 rings (SSSR count). The second kappa shape index (κ2) is 9.23. The molecule has 1 amide bonds. The Bertz CT molecular complexity index is 1130. The van der Waals surface area contributed by atoms with Crippen molar-refractivity contribution in [1.82, 2.24) is 4.72 Å². The molecule has 0 aliphatic heterocycles. The predicted molar refractivity (Wildman–Crippen MR) is 121 cm³/mol. The second-order valence-electron chi connectivity index (χ2n) is 7.12. The van der Waals surface area contributed by atoms with Crippen molar-refractivity contribution in [2.24, 2.45) is 17.4 Å². The number of carbonyl (C=O) groups is 1. The molecule has 0 fully saturated rings. The van der Waals surface area contributed by atoms with Crippen molar-refractivity contribution >= 4 is 33.1 Å². The van der Waals surface area contributed by atoms with Crippen molar-refractivity contribution in [3.8, 4) is 5.75 Å². The van der Waals surface area contributed by atoms with Crippen LogP contribution in [0.3, 0.4) is 0 Å². The zero-order valence-electron chi connectivity index (χ0n) is 16.9. The molecule has 7 nitrogen and oxygen atoms in total. The predicted octanol–water partition coefficient (Wildman–Crippen LogP) is 2.73. The highest BCUT2D eigenvalue weighted by atomic mass is 35.5. The van der Waals surface area contributed by atoms with Gasteiger partial charge in [-0.05, 0) is 35.8 Å². The Morgan fingerprint density at radius 3 is 2.55 bits per heavy atom. The summed E-state index contributed by atoms with van der Waals surface area (Å²) in [5.74, 6) is -1.46. The van der Waals surface area contributed by atoms with Crippen LogP contribution in [-0.4, -0.2) is 25.9 Å². The van der Waals surface area contributed by atoms with Crippen molar-refractivity contribution in [2.75, 3.05) is 6.54 Å². The Balaban J connectivity index is 1.99. The Morgan fingerprint density at radius 1 is 1.19 bits per heavy atom. The maximum Gasteiger partial charge on any atom is 0.240 e. The van der Waals surface area contributed by atoms with E-state index in [1.54, 1.807) is 24.3 Å². The van der Waals surface area contributed by atoms with Crippen molar-refractivity contribution in [3.63, 3.8) is 0 Å². The smallest absolute Gasteiger partial charge is 0.240 e. The van der Waals surface area contributed by atoms with E-state index in [1.165, 1.54) is 12.1 Å². The lowest BCUT2D eigenvalue weighted by Gasteiger charge is -2.33. The molecule has 31 heavy (non-hydrogen) atoms. The van der Waals surface area contributed by atoms with Gasteiger partial charge in [0.15, 0.2) is 5.00 Å². The first-order valence-corrected chi connectivity index (χ1v) is 11.6. The van der Waals surface area contributed by atoms with Crippen LogP contribution in [0.4, 0.5) is 0 Å². The molecule has 9 heteroatoms. The van der Waals surface area contributed by atoms with Gasteiger partial charge in [0, 0.05) is 12.6 Å². The van der Waals surface area contributed by atoms with Gasteiger partial charge in [0.1, 0.15) is 11.5 Å². The second-order valence-corrected chi connectivity index (χ2v) is 9.51. The number of hydrogen-bond acceptors (Lipinski definition) is 5. The van der Waals surface area contributed by atoms with Gasteiger partial charge < -0.3 is 16.2 Å². The quantitative estimate of drug-likeness (QED) is 0.411. The van der Waals surface area contributed by atoms with Crippen LogP contribution in [-0.2, 0) is 14.8 Å². The fourth-order valence-corrected chi connectivity index (χ4v) is 4.54. The van der Waals surface area contributed by atoms with E-state index in [4.69, 9.17) is 27.8 Å². The summed E-state index contributed by atoms with van der Waals surface area (Å²) in [4.78, 5) is 10.4. The standard InChI is InChI=1S/C22H24ClN3O4S/c1-2-11-26-31(28,29)18-10-6-9-17(14-18)30-20-13-16(15-7-4-3-5-8-15)12-19(21(24)27)22(20,23)25/h3-10,12-14,19,26H,2,11,25H2,1H3,(H2,24,27). The molecule has 0 radical (unpaired) electrons. The van der Waals surface area contributed by atoms with Crippen molar-refractivity contribution in [3.05, 3.63) is 78.1 Å². The molecule has 2 unspecified atom stereocenters. The maximum absolute atomic E-state index is 12.4. The molecule has 2 aromatic rings. The van der Waals surface area contributed by atoms with Gasteiger partial charge in [-0.25, -0.2) is 13.1 Å². The summed E-state index contributed by atoms with van der Waals surface area (Å²) in [6.45, 7) is 2.18. The van der Waals surface area contributed by atoms with Gasteiger partial charge >= 0.3 is 0 Å². The lowest BCUT2D eigenvalue weighted by atomic mass is 9.86. The lowest BCUT2D eigenvalue weighted by molar-refractivity contribution is -0.121. The third-order valence-electron chi connectivity index (χ3n) is 4.76.